The van der Waals surface area contributed by atoms with Crippen LogP contribution in [0.3, 0.4) is 0 Å². The highest BCUT2D eigenvalue weighted by Gasteiger charge is 2.11. The van der Waals surface area contributed by atoms with Gasteiger partial charge in [0.15, 0.2) is 16.6 Å². The molecule has 3 aromatic heterocycles. The molecule has 17 heavy (non-hydrogen) atoms. The fraction of sp³-hybridized carbons (Fsp3) is 0.111. The largest absolute Gasteiger partial charge is 0.466 e. The van der Waals surface area contributed by atoms with Crippen LogP contribution in [0.5, 0.6) is 0 Å². The van der Waals surface area contributed by atoms with E-state index in [4.69, 9.17) is 10.2 Å². The monoisotopic (exact) mass is 313 g/mol. The Morgan fingerprint density at radius 1 is 1.59 bits per heavy atom. The van der Waals surface area contributed by atoms with E-state index < -0.39 is 0 Å². The molecular weight excluding hydrogens is 306 g/mol. The van der Waals surface area contributed by atoms with Crippen LogP contribution in [0.2, 0.25) is 0 Å². The highest BCUT2D eigenvalue weighted by Crippen LogP contribution is 2.29. The van der Waals surface area contributed by atoms with Crippen molar-refractivity contribution in [2.45, 2.75) is 6.54 Å². The number of nitrogens with zero attached hydrogens (tertiary/aromatic N) is 2. The van der Waals surface area contributed by atoms with E-state index in [0.29, 0.717) is 17.3 Å². The standard InChI is InChI=1S/C9H8BrN5OS/c10-4-1-2-16-5(4)3-12-7-6-8(15-14-7)13-9(11)17-6/h1-2H,3H2,(H4,11,12,13,14,15). The SMILES string of the molecule is Nc1nc2[nH]nc(NCc3occc3Br)c2s1. The van der Waals surface area contributed by atoms with E-state index >= 15 is 0 Å². The molecule has 0 aliphatic heterocycles. The van der Waals surface area contributed by atoms with Crippen LogP contribution in [0.4, 0.5) is 10.9 Å². The lowest BCUT2D eigenvalue weighted by Crippen LogP contribution is -1.99. The van der Waals surface area contributed by atoms with Crippen molar-refractivity contribution in [2.24, 2.45) is 0 Å². The van der Waals surface area contributed by atoms with Gasteiger partial charge in [0.2, 0.25) is 0 Å². The second-order valence-corrected chi connectivity index (χ2v) is 5.23. The second kappa shape index (κ2) is 4.04. The molecule has 0 atom stereocenters. The van der Waals surface area contributed by atoms with Crippen molar-refractivity contribution in [3.05, 3.63) is 22.6 Å². The highest BCUT2D eigenvalue weighted by molar-refractivity contribution is 9.10. The van der Waals surface area contributed by atoms with Gasteiger partial charge in [-0.05, 0) is 22.0 Å². The summed E-state index contributed by atoms with van der Waals surface area (Å²) in [6, 6.07) is 1.85. The summed E-state index contributed by atoms with van der Waals surface area (Å²) >= 11 is 4.79. The molecule has 0 fully saturated rings. The summed E-state index contributed by atoms with van der Waals surface area (Å²) in [6.45, 7) is 0.547. The fourth-order valence-electron chi connectivity index (χ4n) is 1.47. The molecule has 0 amide bonds. The number of nitrogens with one attached hydrogen (secondary N) is 2. The number of fused-ring (bicyclic) bond motifs is 1. The van der Waals surface area contributed by atoms with Crippen LogP contribution < -0.4 is 11.1 Å². The van der Waals surface area contributed by atoms with Crippen molar-refractivity contribution in [2.75, 3.05) is 11.1 Å². The average molecular weight is 314 g/mol. The number of anilines is 2. The molecule has 0 unspecified atom stereocenters. The van der Waals surface area contributed by atoms with E-state index in [-0.39, 0.29) is 0 Å². The minimum Gasteiger partial charge on any atom is -0.466 e. The molecule has 0 radical (unpaired) electrons. The molecule has 6 nitrogen and oxygen atoms in total. The van der Waals surface area contributed by atoms with Crippen molar-refractivity contribution < 1.29 is 4.42 Å². The number of H-pyrrole nitrogens is 1. The van der Waals surface area contributed by atoms with Gasteiger partial charge in [-0.2, -0.15) is 5.10 Å². The van der Waals surface area contributed by atoms with Crippen LogP contribution in [0.1, 0.15) is 5.76 Å². The number of nitrogen functional groups attached to an aromatic ring is 1. The van der Waals surface area contributed by atoms with Crippen LogP contribution >= 0.6 is 27.3 Å². The van der Waals surface area contributed by atoms with Gasteiger partial charge in [-0.3, -0.25) is 5.10 Å². The quantitative estimate of drug-likeness (QED) is 0.691. The molecule has 4 N–H and O–H groups in total. The predicted molar refractivity (Wildman–Crippen MR) is 69.9 cm³/mol. The summed E-state index contributed by atoms with van der Waals surface area (Å²) in [6.07, 6.45) is 1.63. The number of furan rings is 1. The van der Waals surface area contributed by atoms with Gasteiger partial charge in [0.25, 0.3) is 0 Å². The number of aromatic amines is 1. The normalized spacial score (nSPS) is 11.1. The molecule has 8 heteroatoms. The molecule has 0 aliphatic rings. The van der Waals surface area contributed by atoms with Crippen molar-refractivity contribution in [1.29, 1.82) is 0 Å². The Labute approximate surface area is 108 Å². The molecule has 0 bridgehead atoms. The molecule has 88 valence electrons. The average Bonchev–Trinajstić information content (AvgIpc) is 2.93. The zero-order valence-corrected chi connectivity index (χ0v) is 10.9. The Morgan fingerprint density at radius 3 is 3.24 bits per heavy atom. The van der Waals surface area contributed by atoms with E-state index in [1.54, 1.807) is 6.26 Å². The zero-order valence-electron chi connectivity index (χ0n) is 8.53. The van der Waals surface area contributed by atoms with E-state index in [2.05, 4.69) is 36.4 Å². The van der Waals surface area contributed by atoms with Crippen LogP contribution in [0.25, 0.3) is 10.3 Å². The van der Waals surface area contributed by atoms with Gasteiger partial charge in [0, 0.05) is 0 Å². The van der Waals surface area contributed by atoms with E-state index in [1.807, 2.05) is 6.07 Å². The van der Waals surface area contributed by atoms with Crippen molar-refractivity contribution in [3.8, 4) is 0 Å². The van der Waals surface area contributed by atoms with Gasteiger partial charge in [-0.25, -0.2) is 4.98 Å². The lowest BCUT2D eigenvalue weighted by Gasteiger charge is -2.00. The Hall–Kier alpha value is -1.54. The maximum absolute atomic E-state index is 5.62. The highest BCUT2D eigenvalue weighted by atomic mass is 79.9. The molecule has 3 rings (SSSR count). The minimum atomic E-state index is 0.524. The second-order valence-electron chi connectivity index (χ2n) is 3.35. The van der Waals surface area contributed by atoms with Crippen molar-refractivity contribution >= 4 is 48.6 Å². The molecular formula is C9H8BrN5OS. The molecule has 0 aliphatic carbocycles. The van der Waals surface area contributed by atoms with Crippen LogP contribution in [0, 0.1) is 0 Å². The summed E-state index contributed by atoms with van der Waals surface area (Å²) in [5, 5.41) is 10.6. The Kier molecular flexibility index (Phi) is 2.52. The summed E-state index contributed by atoms with van der Waals surface area (Å²) in [5.74, 6) is 1.55. The maximum Gasteiger partial charge on any atom is 0.182 e. The van der Waals surface area contributed by atoms with Gasteiger partial charge in [0.05, 0.1) is 17.3 Å². The lowest BCUT2D eigenvalue weighted by molar-refractivity contribution is 0.515. The minimum absolute atomic E-state index is 0.524. The van der Waals surface area contributed by atoms with Gasteiger partial charge in [-0.15, -0.1) is 0 Å². The molecule has 0 aromatic carbocycles. The Morgan fingerprint density at radius 2 is 2.47 bits per heavy atom. The number of hydrogen-bond acceptors (Lipinski definition) is 6. The number of rotatable bonds is 3. The Bertz CT molecular complexity index is 657. The van der Waals surface area contributed by atoms with Gasteiger partial charge >= 0.3 is 0 Å². The first-order valence-corrected chi connectivity index (χ1v) is 6.41. The molecule has 0 spiro atoms. The third kappa shape index (κ3) is 1.89. The first-order valence-electron chi connectivity index (χ1n) is 4.80. The first-order chi connectivity index (χ1) is 8.24. The van der Waals surface area contributed by atoms with E-state index in [9.17, 15) is 0 Å². The lowest BCUT2D eigenvalue weighted by atomic mass is 10.4. The van der Waals surface area contributed by atoms with Crippen molar-refractivity contribution in [1.82, 2.24) is 15.2 Å². The third-order valence-electron chi connectivity index (χ3n) is 2.24. The predicted octanol–water partition coefficient (Wildman–Crippen LogP) is 2.57. The van der Waals surface area contributed by atoms with Gasteiger partial charge < -0.3 is 15.5 Å². The summed E-state index contributed by atoms with van der Waals surface area (Å²) in [7, 11) is 0. The molecule has 3 aromatic rings. The van der Waals surface area contributed by atoms with Gasteiger partial charge in [0.1, 0.15) is 10.5 Å². The Balaban J connectivity index is 1.83. The van der Waals surface area contributed by atoms with Gasteiger partial charge in [-0.1, -0.05) is 11.3 Å². The topological polar surface area (TPSA) is 92.8 Å². The van der Waals surface area contributed by atoms with E-state index in [0.717, 1.165) is 20.8 Å². The van der Waals surface area contributed by atoms with Crippen LogP contribution in [0.15, 0.2) is 21.2 Å². The fourth-order valence-corrected chi connectivity index (χ4v) is 2.56. The smallest absolute Gasteiger partial charge is 0.182 e. The first kappa shape index (κ1) is 10.6. The summed E-state index contributed by atoms with van der Waals surface area (Å²) < 4.78 is 7.15. The number of nitrogens with two attached hydrogens (primary N) is 1. The molecule has 3 heterocycles. The molecule has 0 saturated carbocycles. The summed E-state index contributed by atoms with van der Waals surface area (Å²) in [5.41, 5.74) is 6.33. The number of halogens is 1. The molecule has 0 saturated heterocycles. The summed E-state index contributed by atoms with van der Waals surface area (Å²) in [4.78, 5) is 4.10. The van der Waals surface area contributed by atoms with E-state index in [1.165, 1.54) is 11.3 Å². The van der Waals surface area contributed by atoms with Crippen LogP contribution in [-0.4, -0.2) is 15.2 Å². The number of aromatic nitrogens is 3. The number of thiazole rings is 1. The zero-order chi connectivity index (χ0) is 11.8. The van der Waals surface area contributed by atoms with Crippen molar-refractivity contribution in [3.63, 3.8) is 0 Å². The van der Waals surface area contributed by atoms with Crippen LogP contribution in [-0.2, 0) is 6.54 Å². The maximum atomic E-state index is 5.62. The number of hydrogen-bond donors (Lipinski definition) is 3. The third-order valence-corrected chi connectivity index (χ3v) is 3.84.